The summed E-state index contributed by atoms with van der Waals surface area (Å²) in [4.78, 5) is 4.51. The number of thioether (sulfide) groups is 2. The topological polar surface area (TPSA) is 36.7 Å². The molecule has 2 aromatic rings. The van der Waals surface area contributed by atoms with Gasteiger partial charge in [0.1, 0.15) is 16.6 Å². The smallest absolute Gasteiger partial charge is 0.136 e. The van der Waals surface area contributed by atoms with Gasteiger partial charge in [-0.3, -0.25) is 0 Å². The Morgan fingerprint density at radius 2 is 2.00 bits per heavy atom. The Morgan fingerprint density at radius 3 is 2.59 bits per heavy atom. The molecule has 1 aromatic heterocycles. The number of nitrogens with zero attached hydrogens (tertiary/aromatic N) is 2. The standard InChI is InChI=1S/C12H10N2S3/c1-15-12(16-2)8(7-13)11-14-9-5-3-4-6-10(9)17-11/h3-6H,1-2H3. The van der Waals surface area contributed by atoms with Crippen molar-refractivity contribution in [3.8, 4) is 6.07 Å². The molecule has 1 heterocycles. The van der Waals surface area contributed by atoms with Crippen LogP contribution in [0.25, 0.3) is 15.8 Å². The number of thiazole rings is 1. The summed E-state index contributed by atoms with van der Waals surface area (Å²) in [6, 6.07) is 10.2. The van der Waals surface area contributed by atoms with Gasteiger partial charge < -0.3 is 0 Å². The lowest BCUT2D eigenvalue weighted by atomic mass is 10.3. The van der Waals surface area contributed by atoms with Crippen LogP contribution in [0.15, 0.2) is 28.5 Å². The summed E-state index contributed by atoms with van der Waals surface area (Å²) in [5.41, 5.74) is 1.65. The third-order valence-corrected chi connectivity index (χ3v) is 5.40. The number of hydrogen-bond donors (Lipinski definition) is 0. The first-order valence-corrected chi connectivity index (χ1v) is 8.15. The molecule has 0 aliphatic carbocycles. The SMILES string of the molecule is CSC(SC)=C(C#N)c1nc2ccccc2s1. The van der Waals surface area contributed by atoms with Crippen LogP contribution in [0.1, 0.15) is 5.01 Å². The number of para-hydroxylation sites is 1. The fraction of sp³-hybridized carbons (Fsp3) is 0.167. The Balaban J connectivity index is 2.59. The molecular weight excluding hydrogens is 268 g/mol. The highest BCUT2D eigenvalue weighted by molar-refractivity contribution is 8.22. The number of nitriles is 1. The molecule has 0 atom stereocenters. The van der Waals surface area contributed by atoms with E-state index >= 15 is 0 Å². The lowest BCUT2D eigenvalue weighted by Crippen LogP contribution is -1.82. The minimum Gasteiger partial charge on any atom is -0.235 e. The largest absolute Gasteiger partial charge is 0.235 e. The van der Waals surface area contributed by atoms with E-state index in [1.165, 1.54) is 0 Å². The Labute approximate surface area is 113 Å². The van der Waals surface area contributed by atoms with E-state index in [1.807, 2.05) is 36.8 Å². The van der Waals surface area contributed by atoms with Gasteiger partial charge in [-0.25, -0.2) is 4.98 Å². The number of aromatic nitrogens is 1. The molecular formula is C12H10N2S3. The maximum atomic E-state index is 9.27. The van der Waals surface area contributed by atoms with Crippen molar-refractivity contribution in [2.75, 3.05) is 12.5 Å². The zero-order valence-corrected chi connectivity index (χ0v) is 11.9. The monoisotopic (exact) mass is 278 g/mol. The molecule has 17 heavy (non-hydrogen) atoms. The fourth-order valence-corrected chi connectivity index (χ4v) is 3.90. The zero-order valence-electron chi connectivity index (χ0n) is 9.43. The molecule has 0 spiro atoms. The molecule has 86 valence electrons. The van der Waals surface area contributed by atoms with Gasteiger partial charge in [-0.2, -0.15) is 5.26 Å². The Hall–Kier alpha value is -0.960. The first kappa shape index (κ1) is 12.5. The van der Waals surface area contributed by atoms with Crippen LogP contribution < -0.4 is 0 Å². The van der Waals surface area contributed by atoms with E-state index in [0.29, 0.717) is 5.57 Å². The second kappa shape index (κ2) is 5.58. The first-order chi connectivity index (χ1) is 8.30. The molecule has 2 rings (SSSR count). The summed E-state index contributed by atoms with van der Waals surface area (Å²) in [5, 5.41) is 10.1. The Morgan fingerprint density at radius 1 is 1.29 bits per heavy atom. The van der Waals surface area contributed by atoms with Crippen molar-refractivity contribution >= 4 is 50.7 Å². The molecule has 5 heteroatoms. The van der Waals surface area contributed by atoms with E-state index in [4.69, 9.17) is 0 Å². The van der Waals surface area contributed by atoms with Crippen molar-refractivity contribution in [2.24, 2.45) is 0 Å². The van der Waals surface area contributed by atoms with E-state index in [1.54, 1.807) is 34.9 Å². The summed E-state index contributed by atoms with van der Waals surface area (Å²) in [6.07, 6.45) is 3.97. The van der Waals surface area contributed by atoms with Gasteiger partial charge in [0.2, 0.25) is 0 Å². The molecule has 0 aliphatic rings. The second-order valence-corrected chi connectivity index (χ2v) is 6.09. The number of allylic oxidation sites excluding steroid dienone is 1. The van der Waals surface area contributed by atoms with Crippen molar-refractivity contribution in [2.45, 2.75) is 0 Å². The molecule has 0 saturated carbocycles. The highest BCUT2D eigenvalue weighted by atomic mass is 32.2. The summed E-state index contributed by atoms with van der Waals surface area (Å²) >= 11 is 4.76. The van der Waals surface area contributed by atoms with Gasteiger partial charge in [0.15, 0.2) is 0 Å². The van der Waals surface area contributed by atoms with Crippen molar-refractivity contribution in [3.05, 3.63) is 33.5 Å². The third-order valence-electron chi connectivity index (χ3n) is 2.19. The van der Waals surface area contributed by atoms with E-state index in [0.717, 1.165) is 19.5 Å². The minimum atomic E-state index is 0.686. The predicted octanol–water partition coefficient (Wildman–Crippen LogP) is 4.21. The maximum absolute atomic E-state index is 9.27. The van der Waals surface area contributed by atoms with Gasteiger partial charge in [0.05, 0.1) is 14.5 Å². The molecule has 0 N–H and O–H groups in total. The van der Waals surface area contributed by atoms with Crippen LogP contribution in [0.3, 0.4) is 0 Å². The first-order valence-electron chi connectivity index (χ1n) is 4.88. The van der Waals surface area contributed by atoms with Crippen LogP contribution in [0, 0.1) is 11.3 Å². The maximum Gasteiger partial charge on any atom is 0.136 e. The number of hydrogen-bond acceptors (Lipinski definition) is 5. The quantitative estimate of drug-likeness (QED) is 0.788. The summed E-state index contributed by atoms with van der Waals surface area (Å²) in [7, 11) is 0. The molecule has 1 aromatic carbocycles. The van der Waals surface area contributed by atoms with Crippen molar-refractivity contribution in [1.82, 2.24) is 4.98 Å². The molecule has 0 saturated heterocycles. The summed E-state index contributed by atoms with van der Waals surface area (Å²) in [5.74, 6) is 0. The van der Waals surface area contributed by atoms with Gasteiger partial charge in [-0.15, -0.1) is 34.9 Å². The second-order valence-electron chi connectivity index (χ2n) is 3.17. The van der Waals surface area contributed by atoms with E-state index < -0.39 is 0 Å². The van der Waals surface area contributed by atoms with Crippen molar-refractivity contribution < 1.29 is 0 Å². The Bertz CT molecular complexity index is 568. The highest BCUT2D eigenvalue weighted by Crippen LogP contribution is 2.35. The van der Waals surface area contributed by atoms with E-state index in [-0.39, 0.29) is 0 Å². The zero-order chi connectivity index (χ0) is 12.3. The average Bonchev–Trinajstić information content (AvgIpc) is 2.78. The minimum absolute atomic E-state index is 0.686. The number of rotatable bonds is 3. The Kier molecular flexibility index (Phi) is 4.11. The highest BCUT2D eigenvalue weighted by Gasteiger charge is 2.12. The van der Waals surface area contributed by atoms with Crippen LogP contribution in [0.4, 0.5) is 0 Å². The van der Waals surface area contributed by atoms with Crippen molar-refractivity contribution in [1.29, 1.82) is 5.26 Å². The molecule has 0 radical (unpaired) electrons. The third kappa shape index (κ3) is 2.49. The summed E-state index contributed by atoms with van der Waals surface area (Å²) < 4.78 is 2.14. The van der Waals surface area contributed by atoms with Gasteiger partial charge in [0.25, 0.3) is 0 Å². The number of fused-ring (bicyclic) bond motifs is 1. The van der Waals surface area contributed by atoms with Crippen LogP contribution in [-0.4, -0.2) is 17.5 Å². The van der Waals surface area contributed by atoms with Gasteiger partial charge in [-0.1, -0.05) is 12.1 Å². The van der Waals surface area contributed by atoms with Crippen LogP contribution >= 0.6 is 34.9 Å². The molecule has 0 unspecified atom stereocenters. The number of benzene rings is 1. The molecule has 2 nitrogen and oxygen atoms in total. The van der Waals surface area contributed by atoms with Gasteiger partial charge in [-0.05, 0) is 24.6 Å². The summed E-state index contributed by atoms with van der Waals surface area (Å²) in [6.45, 7) is 0. The van der Waals surface area contributed by atoms with Crippen molar-refractivity contribution in [3.63, 3.8) is 0 Å². The predicted molar refractivity (Wildman–Crippen MR) is 79.2 cm³/mol. The fourth-order valence-electron chi connectivity index (χ4n) is 1.45. The molecule has 0 fully saturated rings. The van der Waals surface area contributed by atoms with E-state index in [9.17, 15) is 5.26 Å². The molecule has 0 bridgehead atoms. The van der Waals surface area contributed by atoms with Gasteiger partial charge in [0, 0.05) is 0 Å². The average molecular weight is 278 g/mol. The van der Waals surface area contributed by atoms with E-state index in [2.05, 4.69) is 11.1 Å². The molecule has 0 aliphatic heterocycles. The van der Waals surface area contributed by atoms with Crippen LogP contribution in [0.2, 0.25) is 0 Å². The lowest BCUT2D eigenvalue weighted by molar-refractivity contribution is 1.43. The van der Waals surface area contributed by atoms with Crippen LogP contribution in [-0.2, 0) is 0 Å². The normalized spacial score (nSPS) is 10.2. The van der Waals surface area contributed by atoms with Gasteiger partial charge >= 0.3 is 0 Å². The lowest BCUT2D eigenvalue weighted by Gasteiger charge is -2.00. The van der Waals surface area contributed by atoms with Crippen LogP contribution in [0.5, 0.6) is 0 Å². The molecule has 0 amide bonds.